The molecule has 4 rings (SSSR count). The maximum absolute atomic E-state index is 12.7. The number of rotatable bonds is 5. The molecular formula is C21H22N2O5. The Bertz CT molecular complexity index is 845. The summed E-state index contributed by atoms with van der Waals surface area (Å²) < 4.78 is 5.05. The lowest BCUT2D eigenvalue weighted by molar-refractivity contribution is -0.159. The molecule has 1 saturated carbocycles. The summed E-state index contributed by atoms with van der Waals surface area (Å²) in [5.41, 5.74) is 1.66. The van der Waals surface area contributed by atoms with Gasteiger partial charge in [-0.1, -0.05) is 29.8 Å². The number of amides is 3. The number of allylic oxidation sites excluding steroid dienone is 2. The van der Waals surface area contributed by atoms with Gasteiger partial charge < -0.3 is 10.1 Å². The van der Waals surface area contributed by atoms with Crippen molar-refractivity contribution in [2.75, 3.05) is 11.9 Å². The first-order chi connectivity index (χ1) is 13.4. The van der Waals surface area contributed by atoms with Crippen LogP contribution in [0.25, 0.3) is 0 Å². The van der Waals surface area contributed by atoms with E-state index >= 15 is 0 Å². The summed E-state index contributed by atoms with van der Waals surface area (Å²) in [6.45, 7) is 2.92. The van der Waals surface area contributed by atoms with Crippen LogP contribution >= 0.6 is 0 Å². The number of carbonyl (C=O) groups is 4. The van der Waals surface area contributed by atoms with Crippen LogP contribution in [0, 0.1) is 30.6 Å². The number of ether oxygens (including phenoxy) is 1. The molecule has 1 saturated heterocycles. The summed E-state index contributed by atoms with van der Waals surface area (Å²) in [7, 11) is 0. The van der Waals surface area contributed by atoms with E-state index in [-0.39, 0.29) is 35.5 Å². The van der Waals surface area contributed by atoms with Gasteiger partial charge in [0.2, 0.25) is 11.8 Å². The number of nitrogens with one attached hydrogen (secondary N) is 1. The van der Waals surface area contributed by atoms with Gasteiger partial charge in [-0.25, -0.2) is 4.79 Å². The Kier molecular flexibility index (Phi) is 4.53. The van der Waals surface area contributed by atoms with Gasteiger partial charge >= 0.3 is 5.97 Å². The molecule has 0 radical (unpaired) electrons. The third kappa shape index (κ3) is 3.00. The fourth-order valence-electron chi connectivity index (χ4n) is 4.50. The van der Waals surface area contributed by atoms with Gasteiger partial charge in [-0.2, -0.15) is 0 Å². The number of imide groups is 1. The van der Waals surface area contributed by atoms with Crippen molar-refractivity contribution in [2.24, 2.45) is 23.7 Å². The second-order valence-electron chi connectivity index (χ2n) is 7.74. The number of aryl methyl sites for hydroxylation is 1. The third-order valence-electron chi connectivity index (χ3n) is 5.91. The number of fused-ring (bicyclic) bond motifs is 5. The second-order valence-corrected chi connectivity index (χ2v) is 7.74. The molecule has 5 atom stereocenters. The van der Waals surface area contributed by atoms with E-state index in [9.17, 15) is 19.2 Å². The van der Waals surface area contributed by atoms with Crippen molar-refractivity contribution < 1.29 is 23.9 Å². The quantitative estimate of drug-likeness (QED) is 0.475. The normalized spacial score (nSPS) is 28.4. The number of carbonyl (C=O) groups excluding carboxylic acids is 4. The van der Waals surface area contributed by atoms with E-state index in [1.165, 1.54) is 6.92 Å². The van der Waals surface area contributed by atoms with Gasteiger partial charge in [0.1, 0.15) is 6.04 Å². The summed E-state index contributed by atoms with van der Waals surface area (Å²) in [6, 6.07) is 6.17. The molecule has 2 fully saturated rings. The highest BCUT2D eigenvalue weighted by Gasteiger charge is 2.60. The van der Waals surface area contributed by atoms with Crippen LogP contribution in [0.3, 0.4) is 0 Å². The summed E-state index contributed by atoms with van der Waals surface area (Å²) in [5, 5.41) is 2.63. The minimum absolute atomic E-state index is 0.0833. The SMILES string of the molecule is Cc1ccc(NC(=O)COC(=O)[C@H](C)N2C(=O)[C@@H]3[C@@H](C2=O)[C@H]2C=C[C@H]3C2)cc1. The average molecular weight is 382 g/mol. The number of benzene rings is 1. The first kappa shape index (κ1) is 18.4. The topological polar surface area (TPSA) is 92.8 Å². The Balaban J connectivity index is 1.34. The van der Waals surface area contributed by atoms with Crippen molar-refractivity contribution in [3.05, 3.63) is 42.0 Å². The van der Waals surface area contributed by atoms with E-state index in [1.54, 1.807) is 12.1 Å². The van der Waals surface area contributed by atoms with E-state index in [1.807, 2.05) is 31.2 Å². The number of likely N-dealkylation sites (tertiary alicyclic amines) is 1. The Morgan fingerprint density at radius 2 is 1.68 bits per heavy atom. The van der Waals surface area contributed by atoms with Crippen molar-refractivity contribution in [3.63, 3.8) is 0 Å². The molecule has 1 N–H and O–H groups in total. The van der Waals surface area contributed by atoms with Crippen LogP contribution in [0.1, 0.15) is 18.9 Å². The van der Waals surface area contributed by atoms with Crippen LogP contribution < -0.4 is 5.32 Å². The summed E-state index contributed by atoms with van der Waals surface area (Å²) in [6.07, 6.45) is 4.83. The smallest absolute Gasteiger partial charge is 0.329 e. The number of esters is 1. The predicted octanol–water partition coefficient (Wildman–Crippen LogP) is 1.67. The molecule has 1 heterocycles. The molecule has 2 bridgehead atoms. The van der Waals surface area contributed by atoms with Crippen molar-refractivity contribution >= 4 is 29.4 Å². The Morgan fingerprint density at radius 1 is 1.11 bits per heavy atom. The summed E-state index contributed by atoms with van der Waals surface area (Å²) in [4.78, 5) is 50.8. The van der Waals surface area contributed by atoms with Gasteiger partial charge in [0, 0.05) is 5.69 Å². The minimum Gasteiger partial charge on any atom is -0.454 e. The maximum Gasteiger partial charge on any atom is 0.329 e. The molecular weight excluding hydrogens is 360 g/mol. The molecule has 7 heteroatoms. The number of nitrogens with zero attached hydrogens (tertiary/aromatic N) is 1. The van der Waals surface area contributed by atoms with Crippen molar-refractivity contribution in [1.82, 2.24) is 4.90 Å². The van der Waals surface area contributed by atoms with Crippen molar-refractivity contribution in [2.45, 2.75) is 26.3 Å². The lowest BCUT2D eigenvalue weighted by Gasteiger charge is -2.23. The fourth-order valence-corrected chi connectivity index (χ4v) is 4.50. The molecule has 1 aromatic rings. The van der Waals surface area contributed by atoms with E-state index < -0.39 is 24.5 Å². The zero-order chi connectivity index (χ0) is 20.0. The molecule has 0 spiro atoms. The summed E-state index contributed by atoms with van der Waals surface area (Å²) in [5.74, 6) is -2.41. The van der Waals surface area contributed by atoms with Crippen LogP contribution in [-0.2, 0) is 23.9 Å². The van der Waals surface area contributed by atoms with E-state index in [0.717, 1.165) is 16.9 Å². The Hall–Kier alpha value is -2.96. The highest BCUT2D eigenvalue weighted by atomic mass is 16.5. The molecule has 1 aliphatic heterocycles. The highest BCUT2D eigenvalue weighted by molar-refractivity contribution is 6.09. The predicted molar refractivity (Wildman–Crippen MR) is 99.8 cm³/mol. The van der Waals surface area contributed by atoms with E-state index in [4.69, 9.17) is 4.74 Å². The molecule has 146 valence electrons. The lowest BCUT2D eigenvalue weighted by atomic mass is 9.85. The Labute approximate surface area is 162 Å². The average Bonchev–Trinajstić information content (AvgIpc) is 3.35. The second kappa shape index (κ2) is 6.89. The van der Waals surface area contributed by atoms with Gasteiger partial charge in [-0.05, 0) is 44.2 Å². The molecule has 3 aliphatic rings. The maximum atomic E-state index is 12.7. The largest absolute Gasteiger partial charge is 0.454 e. The molecule has 28 heavy (non-hydrogen) atoms. The van der Waals surface area contributed by atoms with Crippen LogP contribution in [-0.4, -0.2) is 41.2 Å². The highest BCUT2D eigenvalue weighted by Crippen LogP contribution is 2.52. The van der Waals surface area contributed by atoms with Gasteiger partial charge in [0.05, 0.1) is 11.8 Å². The standard InChI is InChI=1S/C21H22N2O5/c1-11-3-7-15(8-4-11)22-16(24)10-28-21(27)12(2)23-19(25)17-13-5-6-14(9-13)18(17)20(23)26/h3-8,12-14,17-18H,9-10H2,1-2H3,(H,22,24)/t12-,13-,14-,17-,18-/m0/s1. The van der Waals surface area contributed by atoms with Crippen LogP contribution in [0.15, 0.2) is 36.4 Å². The molecule has 7 nitrogen and oxygen atoms in total. The summed E-state index contributed by atoms with van der Waals surface area (Å²) >= 11 is 0. The number of hydrogen-bond donors (Lipinski definition) is 1. The minimum atomic E-state index is -1.04. The monoisotopic (exact) mass is 382 g/mol. The zero-order valence-corrected chi connectivity index (χ0v) is 15.8. The van der Waals surface area contributed by atoms with Crippen LogP contribution in [0.5, 0.6) is 0 Å². The van der Waals surface area contributed by atoms with Crippen LogP contribution in [0.2, 0.25) is 0 Å². The van der Waals surface area contributed by atoms with Crippen LogP contribution in [0.4, 0.5) is 5.69 Å². The fraction of sp³-hybridized carbons (Fsp3) is 0.429. The lowest BCUT2D eigenvalue weighted by Crippen LogP contribution is -2.45. The van der Waals surface area contributed by atoms with Gasteiger partial charge in [-0.3, -0.25) is 19.3 Å². The van der Waals surface area contributed by atoms with Gasteiger partial charge in [0.25, 0.3) is 5.91 Å². The molecule has 0 aromatic heterocycles. The van der Waals surface area contributed by atoms with Gasteiger partial charge in [0.15, 0.2) is 6.61 Å². The first-order valence-electron chi connectivity index (χ1n) is 9.45. The third-order valence-corrected chi connectivity index (χ3v) is 5.91. The molecule has 0 unspecified atom stereocenters. The molecule has 2 aliphatic carbocycles. The van der Waals surface area contributed by atoms with Crippen molar-refractivity contribution in [1.29, 1.82) is 0 Å². The number of anilines is 1. The number of hydrogen-bond acceptors (Lipinski definition) is 5. The molecule has 3 amide bonds. The van der Waals surface area contributed by atoms with Gasteiger partial charge in [-0.15, -0.1) is 0 Å². The van der Waals surface area contributed by atoms with Crippen molar-refractivity contribution in [3.8, 4) is 0 Å². The van der Waals surface area contributed by atoms with E-state index in [2.05, 4.69) is 5.32 Å². The zero-order valence-electron chi connectivity index (χ0n) is 15.8. The van der Waals surface area contributed by atoms with E-state index in [0.29, 0.717) is 5.69 Å². The Morgan fingerprint density at radius 3 is 2.25 bits per heavy atom. The first-order valence-corrected chi connectivity index (χ1v) is 9.45. The molecule has 1 aromatic carbocycles.